The quantitative estimate of drug-likeness (QED) is 0.700. The van der Waals surface area contributed by atoms with Gasteiger partial charge in [0.15, 0.2) is 0 Å². The van der Waals surface area contributed by atoms with E-state index in [1.807, 2.05) is 0 Å². The average molecular weight is 184 g/mol. The molecule has 1 rings (SSSR count). The fourth-order valence-electron chi connectivity index (χ4n) is 1.11. The molecular formula is C10H10F2O. The fourth-order valence-corrected chi connectivity index (χ4v) is 1.11. The Balaban J connectivity index is 3.28. The van der Waals surface area contributed by atoms with Gasteiger partial charge in [0, 0.05) is 0 Å². The maximum Gasteiger partial charge on any atom is 0.132 e. The molecule has 0 radical (unpaired) electrons. The molecule has 0 bridgehead atoms. The van der Waals surface area contributed by atoms with Gasteiger partial charge in [0.25, 0.3) is 0 Å². The summed E-state index contributed by atoms with van der Waals surface area (Å²) in [4.78, 5) is 0. The number of aliphatic hydroxyl groups excluding tert-OH is 1. The van der Waals surface area contributed by atoms with Gasteiger partial charge >= 0.3 is 0 Å². The van der Waals surface area contributed by atoms with Crippen molar-refractivity contribution in [1.82, 2.24) is 0 Å². The zero-order valence-electron chi connectivity index (χ0n) is 7.22. The Morgan fingerprint density at radius 1 is 1.38 bits per heavy atom. The molecule has 3 heteroatoms. The van der Waals surface area contributed by atoms with E-state index < -0.39 is 17.7 Å². The zero-order chi connectivity index (χ0) is 10.0. The van der Waals surface area contributed by atoms with Crippen LogP contribution in [0, 0.1) is 18.6 Å². The number of aliphatic hydroxyl groups is 1. The molecule has 70 valence electrons. The topological polar surface area (TPSA) is 20.2 Å². The van der Waals surface area contributed by atoms with Crippen LogP contribution in [0.3, 0.4) is 0 Å². The van der Waals surface area contributed by atoms with Crippen LogP contribution in [0.25, 0.3) is 0 Å². The first-order valence-electron chi connectivity index (χ1n) is 3.82. The van der Waals surface area contributed by atoms with Crippen molar-refractivity contribution in [3.63, 3.8) is 0 Å². The Hall–Kier alpha value is -1.22. The Labute approximate surface area is 75.3 Å². The third-order valence-corrected chi connectivity index (χ3v) is 1.74. The van der Waals surface area contributed by atoms with Crippen LogP contribution in [-0.2, 0) is 0 Å². The monoisotopic (exact) mass is 184 g/mol. The van der Waals surface area contributed by atoms with Crippen molar-refractivity contribution >= 4 is 0 Å². The SMILES string of the molecule is C=CC(O)c1c(F)cc(C)cc1F. The Morgan fingerprint density at radius 2 is 1.85 bits per heavy atom. The van der Waals surface area contributed by atoms with Crippen LogP contribution < -0.4 is 0 Å². The molecule has 0 saturated carbocycles. The molecule has 1 aromatic carbocycles. The van der Waals surface area contributed by atoms with Crippen LogP contribution >= 0.6 is 0 Å². The normalized spacial score (nSPS) is 12.6. The highest BCUT2D eigenvalue weighted by Crippen LogP contribution is 2.22. The Morgan fingerprint density at radius 3 is 2.23 bits per heavy atom. The Kier molecular flexibility index (Phi) is 2.78. The van der Waals surface area contributed by atoms with Crippen molar-refractivity contribution in [1.29, 1.82) is 0 Å². The molecule has 0 fully saturated rings. The molecule has 13 heavy (non-hydrogen) atoms. The number of hydrogen-bond acceptors (Lipinski definition) is 1. The third kappa shape index (κ3) is 1.92. The van der Waals surface area contributed by atoms with E-state index in [4.69, 9.17) is 0 Å². The minimum atomic E-state index is -1.29. The van der Waals surface area contributed by atoms with Gasteiger partial charge in [-0.25, -0.2) is 8.78 Å². The first kappa shape index (κ1) is 9.86. The first-order chi connectivity index (χ1) is 6.06. The Bertz CT molecular complexity index is 311. The number of aryl methyl sites for hydroxylation is 1. The summed E-state index contributed by atoms with van der Waals surface area (Å²) in [6.45, 7) is 4.84. The van der Waals surface area contributed by atoms with Gasteiger partial charge in [0.05, 0.1) is 5.56 Å². The molecule has 0 aliphatic rings. The summed E-state index contributed by atoms with van der Waals surface area (Å²) in [6.07, 6.45) is -0.211. The van der Waals surface area contributed by atoms with Crippen LogP contribution in [0.2, 0.25) is 0 Å². The number of benzene rings is 1. The summed E-state index contributed by atoms with van der Waals surface area (Å²) in [5.74, 6) is -1.49. The summed E-state index contributed by atoms with van der Waals surface area (Å²) in [5.41, 5.74) is 0.135. The van der Waals surface area contributed by atoms with E-state index in [0.29, 0.717) is 5.56 Å². The van der Waals surface area contributed by atoms with Gasteiger partial charge in [0.1, 0.15) is 17.7 Å². The van der Waals surface area contributed by atoms with Crippen LogP contribution in [0.5, 0.6) is 0 Å². The highest BCUT2D eigenvalue weighted by Gasteiger charge is 2.15. The molecule has 0 aliphatic carbocycles. The zero-order valence-corrected chi connectivity index (χ0v) is 7.22. The lowest BCUT2D eigenvalue weighted by Gasteiger charge is -2.08. The van der Waals surface area contributed by atoms with Crippen LogP contribution in [0.4, 0.5) is 8.78 Å². The molecule has 0 aromatic heterocycles. The van der Waals surface area contributed by atoms with Crippen LogP contribution in [0.1, 0.15) is 17.2 Å². The lowest BCUT2D eigenvalue weighted by molar-refractivity contribution is 0.217. The average Bonchev–Trinajstić information content (AvgIpc) is 2.02. The first-order valence-corrected chi connectivity index (χ1v) is 3.82. The second-order valence-corrected chi connectivity index (χ2v) is 2.82. The maximum atomic E-state index is 13.1. The summed E-state index contributed by atoms with van der Waals surface area (Å²) < 4.78 is 26.2. The van der Waals surface area contributed by atoms with Gasteiger partial charge < -0.3 is 5.11 Å². The highest BCUT2D eigenvalue weighted by atomic mass is 19.1. The summed E-state index contributed by atoms with van der Waals surface area (Å²) in [7, 11) is 0. The molecule has 1 unspecified atom stereocenters. The van der Waals surface area contributed by atoms with E-state index in [1.54, 1.807) is 6.92 Å². The van der Waals surface area contributed by atoms with E-state index in [9.17, 15) is 13.9 Å². The molecule has 1 N–H and O–H groups in total. The van der Waals surface area contributed by atoms with Crippen molar-refractivity contribution in [3.8, 4) is 0 Å². The van der Waals surface area contributed by atoms with Crippen molar-refractivity contribution in [2.45, 2.75) is 13.0 Å². The second-order valence-electron chi connectivity index (χ2n) is 2.82. The largest absolute Gasteiger partial charge is 0.384 e. The predicted molar refractivity (Wildman–Crippen MR) is 46.3 cm³/mol. The standard InChI is InChI=1S/C10H10F2O/c1-3-9(13)10-7(11)4-6(2)5-8(10)12/h3-5,9,13H,1H2,2H3. The molecular weight excluding hydrogens is 174 g/mol. The maximum absolute atomic E-state index is 13.1. The smallest absolute Gasteiger partial charge is 0.132 e. The fraction of sp³-hybridized carbons (Fsp3) is 0.200. The van der Waals surface area contributed by atoms with Crippen molar-refractivity contribution in [2.24, 2.45) is 0 Å². The van der Waals surface area contributed by atoms with E-state index in [0.717, 1.165) is 6.08 Å². The molecule has 0 heterocycles. The van der Waals surface area contributed by atoms with Crippen molar-refractivity contribution in [2.75, 3.05) is 0 Å². The molecule has 1 aromatic rings. The van der Waals surface area contributed by atoms with E-state index in [1.165, 1.54) is 12.1 Å². The summed E-state index contributed by atoms with van der Waals surface area (Å²) in [5, 5.41) is 9.18. The minimum absolute atomic E-state index is 0.347. The van der Waals surface area contributed by atoms with Gasteiger partial charge in [0.2, 0.25) is 0 Å². The molecule has 0 spiro atoms. The molecule has 1 nitrogen and oxygen atoms in total. The predicted octanol–water partition coefficient (Wildman–Crippen LogP) is 2.49. The van der Waals surface area contributed by atoms with Crippen LogP contribution in [-0.4, -0.2) is 5.11 Å². The van der Waals surface area contributed by atoms with Crippen molar-refractivity contribution < 1.29 is 13.9 Å². The summed E-state index contributed by atoms with van der Waals surface area (Å²) >= 11 is 0. The number of halogens is 2. The molecule has 0 amide bonds. The lowest BCUT2D eigenvalue weighted by atomic mass is 10.1. The van der Waals surface area contributed by atoms with Gasteiger partial charge in [-0.2, -0.15) is 0 Å². The third-order valence-electron chi connectivity index (χ3n) is 1.74. The summed E-state index contributed by atoms with van der Waals surface area (Å²) in [6, 6.07) is 2.34. The van der Waals surface area contributed by atoms with Crippen LogP contribution in [0.15, 0.2) is 24.8 Å². The molecule has 0 saturated heterocycles. The highest BCUT2D eigenvalue weighted by molar-refractivity contribution is 5.28. The molecule has 0 aliphatic heterocycles. The van der Waals surface area contributed by atoms with Gasteiger partial charge in [-0.05, 0) is 24.6 Å². The van der Waals surface area contributed by atoms with E-state index in [-0.39, 0.29) is 5.56 Å². The molecule has 1 atom stereocenters. The van der Waals surface area contributed by atoms with E-state index in [2.05, 4.69) is 6.58 Å². The number of rotatable bonds is 2. The number of hydrogen-bond donors (Lipinski definition) is 1. The minimum Gasteiger partial charge on any atom is -0.384 e. The van der Waals surface area contributed by atoms with E-state index >= 15 is 0 Å². The van der Waals surface area contributed by atoms with Crippen molar-refractivity contribution in [3.05, 3.63) is 47.5 Å². The second kappa shape index (κ2) is 3.66. The van der Waals surface area contributed by atoms with Gasteiger partial charge in [-0.3, -0.25) is 0 Å². The van der Waals surface area contributed by atoms with Gasteiger partial charge in [-0.1, -0.05) is 6.08 Å². The lowest BCUT2D eigenvalue weighted by Crippen LogP contribution is -2.01. The van der Waals surface area contributed by atoms with Gasteiger partial charge in [-0.15, -0.1) is 6.58 Å².